The summed E-state index contributed by atoms with van der Waals surface area (Å²) >= 11 is 0. The van der Waals surface area contributed by atoms with E-state index in [4.69, 9.17) is 9.84 Å². The van der Waals surface area contributed by atoms with Gasteiger partial charge in [0.2, 0.25) is 5.91 Å². The Balaban J connectivity index is 1.49. The molecule has 0 atom stereocenters. The SMILES string of the molecule is CNCCN(C)Cc1nn2c(c1C1CCC3(CC1)CCN(CC(C)C)C3=O)COCC2. The number of fused-ring (bicyclic) bond motifs is 1. The largest absolute Gasteiger partial charge is 0.373 e. The van der Waals surface area contributed by atoms with Crippen molar-refractivity contribution < 1.29 is 9.53 Å². The Labute approximate surface area is 187 Å². The summed E-state index contributed by atoms with van der Waals surface area (Å²) in [6.45, 7) is 11.4. The molecule has 7 heteroatoms. The second kappa shape index (κ2) is 9.59. The van der Waals surface area contributed by atoms with Gasteiger partial charge in [-0.3, -0.25) is 14.4 Å². The van der Waals surface area contributed by atoms with Gasteiger partial charge in [-0.25, -0.2) is 0 Å². The fourth-order valence-corrected chi connectivity index (χ4v) is 5.88. The van der Waals surface area contributed by atoms with E-state index in [1.807, 2.05) is 7.05 Å². The van der Waals surface area contributed by atoms with Crippen LogP contribution in [-0.4, -0.2) is 72.4 Å². The van der Waals surface area contributed by atoms with E-state index >= 15 is 0 Å². The molecule has 1 aliphatic carbocycles. The predicted octanol–water partition coefficient (Wildman–Crippen LogP) is 2.60. The topological polar surface area (TPSA) is 62.6 Å². The summed E-state index contributed by atoms with van der Waals surface area (Å²) in [4.78, 5) is 17.7. The van der Waals surface area contributed by atoms with Crippen molar-refractivity contribution in [3.8, 4) is 0 Å². The van der Waals surface area contributed by atoms with E-state index in [0.717, 1.165) is 78.0 Å². The van der Waals surface area contributed by atoms with Gasteiger partial charge in [0.25, 0.3) is 0 Å². The van der Waals surface area contributed by atoms with E-state index in [1.54, 1.807) is 0 Å². The fraction of sp³-hybridized carbons (Fsp3) is 0.833. The van der Waals surface area contributed by atoms with Crippen LogP contribution in [0.5, 0.6) is 0 Å². The summed E-state index contributed by atoms with van der Waals surface area (Å²) in [7, 11) is 4.17. The molecule has 0 unspecified atom stereocenters. The third kappa shape index (κ3) is 4.69. The number of ether oxygens (including phenoxy) is 1. The van der Waals surface area contributed by atoms with Gasteiger partial charge in [0, 0.05) is 38.3 Å². The first kappa shape index (κ1) is 22.7. The van der Waals surface area contributed by atoms with Crippen LogP contribution in [0.25, 0.3) is 0 Å². The van der Waals surface area contributed by atoms with Gasteiger partial charge in [0.15, 0.2) is 0 Å². The first-order valence-electron chi connectivity index (χ1n) is 12.2. The molecule has 3 aliphatic rings. The molecule has 2 fully saturated rings. The van der Waals surface area contributed by atoms with Crippen molar-refractivity contribution in [2.75, 3.05) is 46.9 Å². The molecule has 2 aliphatic heterocycles. The average Bonchev–Trinajstić information content (AvgIpc) is 3.25. The first-order chi connectivity index (χ1) is 14.9. The molecule has 1 aromatic heterocycles. The number of hydrogen-bond acceptors (Lipinski definition) is 5. The monoisotopic (exact) mass is 431 g/mol. The van der Waals surface area contributed by atoms with E-state index in [0.29, 0.717) is 24.3 Å². The minimum Gasteiger partial charge on any atom is -0.373 e. The van der Waals surface area contributed by atoms with E-state index in [9.17, 15) is 4.79 Å². The van der Waals surface area contributed by atoms with Gasteiger partial charge in [0.05, 0.1) is 36.6 Å². The van der Waals surface area contributed by atoms with Gasteiger partial charge >= 0.3 is 0 Å². The number of carbonyl (C=O) groups excluding carboxylic acids is 1. The Morgan fingerprint density at radius 1 is 1.26 bits per heavy atom. The molecule has 1 saturated carbocycles. The number of likely N-dealkylation sites (tertiary alicyclic amines) is 1. The highest BCUT2D eigenvalue weighted by Crippen LogP contribution is 2.50. The second-order valence-electron chi connectivity index (χ2n) is 10.4. The molecule has 1 spiro atoms. The standard InChI is InChI=1S/C24H41N5O2/c1-18(2)15-28-11-9-24(23(28)30)7-5-19(6-8-24)22-20(16-27(4)12-10-25-3)26-29-13-14-31-17-21(22)29/h18-19,25H,5-17H2,1-4H3. The normalized spacial score (nSPS) is 26.5. The Morgan fingerprint density at radius 3 is 2.74 bits per heavy atom. The number of aromatic nitrogens is 2. The highest BCUT2D eigenvalue weighted by Gasteiger charge is 2.49. The van der Waals surface area contributed by atoms with E-state index < -0.39 is 0 Å². The molecule has 0 aromatic carbocycles. The van der Waals surface area contributed by atoms with Crippen LogP contribution in [0.1, 0.15) is 68.8 Å². The van der Waals surface area contributed by atoms with Gasteiger partial charge in [0.1, 0.15) is 0 Å². The summed E-state index contributed by atoms with van der Waals surface area (Å²) in [5.41, 5.74) is 3.83. The van der Waals surface area contributed by atoms with Crippen LogP contribution in [0, 0.1) is 11.3 Å². The lowest BCUT2D eigenvalue weighted by atomic mass is 9.67. The van der Waals surface area contributed by atoms with Crippen molar-refractivity contribution in [1.82, 2.24) is 24.9 Å². The smallest absolute Gasteiger partial charge is 0.228 e. The number of rotatable bonds is 8. The van der Waals surface area contributed by atoms with Gasteiger partial charge in [-0.2, -0.15) is 5.10 Å². The van der Waals surface area contributed by atoms with Gasteiger partial charge in [-0.05, 0) is 58.0 Å². The van der Waals surface area contributed by atoms with Crippen LogP contribution in [0.4, 0.5) is 0 Å². The molecule has 4 rings (SSSR count). The number of carbonyl (C=O) groups is 1. The Kier molecular flexibility index (Phi) is 7.04. The number of amides is 1. The van der Waals surface area contributed by atoms with Crippen molar-refractivity contribution >= 4 is 5.91 Å². The fourth-order valence-electron chi connectivity index (χ4n) is 5.88. The molecule has 7 nitrogen and oxygen atoms in total. The maximum atomic E-state index is 13.2. The zero-order valence-corrected chi connectivity index (χ0v) is 20.0. The highest BCUT2D eigenvalue weighted by molar-refractivity contribution is 5.85. The van der Waals surface area contributed by atoms with Gasteiger partial charge in [-0.15, -0.1) is 0 Å². The summed E-state index contributed by atoms with van der Waals surface area (Å²) in [5, 5.41) is 8.26. The van der Waals surface area contributed by atoms with Crippen LogP contribution < -0.4 is 5.32 Å². The van der Waals surface area contributed by atoms with Gasteiger partial charge < -0.3 is 15.0 Å². The quantitative estimate of drug-likeness (QED) is 0.686. The third-order valence-corrected chi connectivity index (χ3v) is 7.56. The van der Waals surface area contributed by atoms with Crippen molar-refractivity contribution in [2.24, 2.45) is 11.3 Å². The Morgan fingerprint density at radius 2 is 2.03 bits per heavy atom. The molecule has 0 bridgehead atoms. The molecule has 1 N–H and O–H groups in total. The lowest BCUT2D eigenvalue weighted by Crippen LogP contribution is -2.38. The predicted molar refractivity (Wildman–Crippen MR) is 122 cm³/mol. The van der Waals surface area contributed by atoms with Crippen LogP contribution in [-0.2, 0) is 29.2 Å². The van der Waals surface area contributed by atoms with Crippen molar-refractivity contribution in [3.63, 3.8) is 0 Å². The number of nitrogens with zero attached hydrogens (tertiary/aromatic N) is 4. The van der Waals surface area contributed by atoms with E-state index in [-0.39, 0.29) is 5.41 Å². The molecule has 1 aromatic rings. The summed E-state index contributed by atoms with van der Waals surface area (Å²) in [5.74, 6) is 1.46. The van der Waals surface area contributed by atoms with Crippen LogP contribution in [0.3, 0.4) is 0 Å². The van der Waals surface area contributed by atoms with E-state index in [1.165, 1.54) is 17.0 Å². The molecular weight excluding hydrogens is 390 g/mol. The molecule has 1 saturated heterocycles. The summed E-state index contributed by atoms with van der Waals surface area (Å²) in [6.07, 6.45) is 5.26. The number of nitrogens with one attached hydrogen (secondary N) is 1. The summed E-state index contributed by atoms with van der Waals surface area (Å²) in [6, 6.07) is 0. The minimum absolute atomic E-state index is 0.0983. The van der Waals surface area contributed by atoms with Crippen molar-refractivity contribution in [2.45, 2.75) is 71.6 Å². The number of hydrogen-bond donors (Lipinski definition) is 1. The Bertz CT molecular complexity index is 766. The zero-order valence-electron chi connectivity index (χ0n) is 20.0. The van der Waals surface area contributed by atoms with Crippen molar-refractivity contribution in [1.29, 1.82) is 0 Å². The minimum atomic E-state index is -0.0983. The molecular formula is C24H41N5O2. The zero-order chi connectivity index (χ0) is 22.0. The lowest BCUT2D eigenvalue weighted by Gasteiger charge is -2.36. The van der Waals surface area contributed by atoms with Crippen LogP contribution >= 0.6 is 0 Å². The molecule has 174 valence electrons. The molecule has 3 heterocycles. The Hall–Kier alpha value is -1.44. The average molecular weight is 432 g/mol. The van der Waals surface area contributed by atoms with Crippen LogP contribution in [0.2, 0.25) is 0 Å². The second-order valence-corrected chi connectivity index (χ2v) is 10.4. The maximum absolute atomic E-state index is 13.2. The van der Waals surface area contributed by atoms with E-state index in [2.05, 4.69) is 40.7 Å². The summed E-state index contributed by atoms with van der Waals surface area (Å²) < 4.78 is 8.02. The lowest BCUT2D eigenvalue weighted by molar-refractivity contribution is -0.138. The maximum Gasteiger partial charge on any atom is 0.228 e. The van der Waals surface area contributed by atoms with Crippen molar-refractivity contribution in [3.05, 3.63) is 17.0 Å². The third-order valence-electron chi connectivity index (χ3n) is 7.56. The first-order valence-corrected chi connectivity index (χ1v) is 12.2. The number of likely N-dealkylation sites (N-methyl/N-ethyl adjacent to an activating group) is 2. The molecule has 31 heavy (non-hydrogen) atoms. The molecule has 1 amide bonds. The van der Waals surface area contributed by atoms with Gasteiger partial charge in [-0.1, -0.05) is 13.8 Å². The molecule has 0 radical (unpaired) electrons. The highest BCUT2D eigenvalue weighted by atomic mass is 16.5. The van der Waals surface area contributed by atoms with Crippen LogP contribution in [0.15, 0.2) is 0 Å².